The van der Waals surface area contributed by atoms with Crippen molar-refractivity contribution >= 4 is 23.6 Å². The van der Waals surface area contributed by atoms with E-state index in [9.17, 15) is 9.59 Å². The summed E-state index contributed by atoms with van der Waals surface area (Å²) in [7, 11) is 1.82. The molecule has 2 aliphatic rings. The van der Waals surface area contributed by atoms with Gasteiger partial charge in [0.25, 0.3) is 0 Å². The summed E-state index contributed by atoms with van der Waals surface area (Å²) in [5.74, 6) is 2.04. The average Bonchev–Trinajstić information content (AvgIpc) is 2.69. The first-order valence-electron chi connectivity index (χ1n) is 10.7. The van der Waals surface area contributed by atoms with Crippen LogP contribution < -0.4 is 15.1 Å². The molecular weight excluding hydrogens is 384 g/mol. The van der Waals surface area contributed by atoms with Crippen LogP contribution in [0.4, 0.5) is 16.4 Å². The molecule has 2 amide bonds. The lowest BCUT2D eigenvalue weighted by molar-refractivity contribution is -0.129. The van der Waals surface area contributed by atoms with Crippen LogP contribution in [0.5, 0.6) is 0 Å². The third-order valence-electron chi connectivity index (χ3n) is 5.65. The van der Waals surface area contributed by atoms with Crippen molar-refractivity contribution in [1.29, 1.82) is 0 Å². The molecule has 9 heteroatoms. The number of piperidine rings is 1. The number of carbonyl (C=O) groups is 2. The Morgan fingerprint density at radius 2 is 1.90 bits per heavy atom. The number of piperazine rings is 1. The van der Waals surface area contributed by atoms with E-state index in [1.165, 1.54) is 0 Å². The molecule has 1 aromatic rings. The highest BCUT2D eigenvalue weighted by molar-refractivity contribution is 5.82. The maximum atomic E-state index is 12.1. The summed E-state index contributed by atoms with van der Waals surface area (Å²) in [5, 5.41) is 2.98. The number of ether oxygens (including phenoxy) is 1. The maximum Gasteiger partial charge on any atom is 0.407 e. The molecule has 2 saturated heterocycles. The highest BCUT2D eigenvalue weighted by Crippen LogP contribution is 2.26. The van der Waals surface area contributed by atoms with Gasteiger partial charge in [0.2, 0.25) is 5.91 Å². The van der Waals surface area contributed by atoms with Crippen LogP contribution in [0, 0.1) is 5.92 Å². The normalized spacial score (nSPS) is 21.4. The summed E-state index contributed by atoms with van der Waals surface area (Å²) in [6, 6.07) is 1.96. The van der Waals surface area contributed by atoms with Crippen molar-refractivity contribution in [1.82, 2.24) is 20.2 Å². The van der Waals surface area contributed by atoms with Crippen molar-refractivity contribution < 1.29 is 14.3 Å². The van der Waals surface area contributed by atoms with Gasteiger partial charge in [0.1, 0.15) is 23.6 Å². The van der Waals surface area contributed by atoms with Crippen LogP contribution in [0.2, 0.25) is 0 Å². The van der Waals surface area contributed by atoms with E-state index < -0.39 is 5.60 Å². The minimum Gasteiger partial charge on any atom is -0.444 e. The third-order valence-corrected chi connectivity index (χ3v) is 5.65. The molecule has 1 N–H and O–H groups in total. The van der Waals surface area contributed by atoms with E-state index >= 15 is 0 Å². The topological polar surface area (TPSA) is 90.9 Å². The number of hydrogen-bond donors (Lipinski definition) is 1. The second-order valence-corrected chi connectivity index (χ2v) is 9.25. The maximum absolute atomic E-state index is 12.1. The zero-order valence-electron chi connectivity index (χ0n) is 18.7. The number of aromatic nitrogens is 2. The number of likely N-dealkylation sites (N-methyl/N-ethyl adjacent to an activating group) is 1. The average molecular weight is 419 g/mol. The number of rotatable bonds is 4. The molecule has 0 saturated carbocycles. The molecule has 0 spiro atoms. The predicted molar refractivity (Wildman–Crippen MR) is 116 cm³/mol. The largest absolute Gasteiger partial charge is 0.444 e. The number of anilines is 2. The van der Waals surface area contributed by atoms with Crippen molar-refractivity contribution in [2.45, 2.75) is 52.2 Å². The fraction of sp³-hybridized carbons (Fsp3) is 0.714. The Bertz CT molecular complexity index is 765. The molecule has 0 radical (unpaired) electrons. The van der Waals surface area contributed by atoms with Crippen molar-refractivity contribution in [3.05, 3.63) is 12.4 Å². The lowest BCUT2D eigenvalue weighted by atomic mass is 9.91. The fourth-order valence-corrected chi connectivity index (χ4v) is 3.87. The van der Waals surface area contributed by atoms with Gasteiger partial charge in [0, 0.05) is 45.3 Å². The number of hydrogen-bond acceptors (Lipinski definition) is 7. The van der Waals surface area contributed by atoms with Gasteiger partial charge in [-0.15, -0.1) is 0 Å². The SMILES string of the molecule is C[C@H](NC(=O)OC(C)(C)C)[C@H]1CCCN(c2cc(N3CCN(C)C(=O)C3)ncn2)C1. The smallest absolute Gasteiger partial charge is 0.407 e. The molecule has 2 fully saturated rings. The van der Waals surface area contributed by atoms with Gasteiger partial charge >= 0.3 is 6.09 Å². The van der Waals surface area contributed by atoms with E-state index in [0.717, 1.165) is 44.1 Å². The van der Waals surface area contributed by atoms with Gasteiger partial charge in [0.05, 0.1) is 6.54 Å². The van der Waals surface area contributed by atoms with Crippen LogP contribution in [-0.4, -0.2) is 78.3 Å². The molecule has 1 aromatic heterocycles. The highest BCUT2D eigenvalue weighted by Gasteiger charge is 2.29. The summed E-state index contributed by atoms with van der Waals surface area (Å²) >= 11 is 0. The number of amides is 2. The first-order valence-corrected chi connectivity index (χ1v) is 10.7. The first kappa shape index (κ1) is 22.1. The summed E-state index contributed by atoms with van der Waals surface area (Å²) in [6.45, 7) is 11.1. The molecule has 30 heavy (non-hydrogen) atoms. The molecule has 3 rings (SSSR count). The van der Waals surface area contributed by atoms with Gasteiger partial charge < -0.3 is 24.8 Å². The van der Waals surface area contributed by atoms with Gasteiger partial charge in [-0.3, -0.25) is 4.79 Å². The lowest BCUT2D eigenvalue weighted by Gasteiger charge is -2.37. The van der Waals surface area contributed by atoms with Crippen LogP contribution in [0.1, 0.15) is 40.5 Å². The zero-order chi connectivity index (χ0) is 21.9. The van der Waals surface area contributed by atoms with Gasteiger partial charge in [-0.25, -0.2) is 14.8 Å². The summed E-state index contributed by atoms with van der Waals surface area (Å²) in [6.07, 6.45) is 3.26. The first-order chi connectivity index (χ1) is 14.1. The van der Waals surface area contributed by atoms with Crippen molar-refractivity contribution in [3.8, 4) is 0 Å². The van der Waals surface area contributed by atoms with Crippen molar-refractivity contribution in [2.24, 2.45) is 5.92 Å². The van der Waals surface area contributed by atoms with E-state index in [0.29, 0.717) is 19.0 Å². The number of alkyl carbamates (subject to hydrolysis) is 1. The van der Waals surface area contributed by atoms with Gasteiger partial charge in [-0.05, 0) is 46.5 Å². The molecule has 2 atom stereocenters. The lowest BCUT2D eigenvalue weighted by Crippen LogP contribution is -2.49. The fourth-order valence-electron chi connectivity index (χ4n) is 3.87. The predicted octanol–water partition coefficient (Wildman–Crippen LogP) is 1.88. The minimum atomic E-state index is -0.510. The van der Waals surface area contributed by atoms with Crippen molar-refractivity contribution in [3.63, 3.8) is 0 Å². The molecule has 166 valence electrons. The monoisotopic (exact) mass is 418 g/mol. The van der Waals surface area contributed by atoms with E-state index in [1.54, 1.807) is 11.2 Å². The number of carbonyl (C=O) groups excluding carboxylic acids is 2. The molecule has 0 unspecified atom stereocenters. The quantitative estimate of drug-likeness (QED) is 0.798. The summed E-state index contributed by atoms with van der Waals surface area (Å²) in [4.78, 5) is 39.0. The van der Waals surface area contributed by atoms with E-state index in [1.807, 2.05) is 45.7 Å². The molecule has 0 aliphatic carbocycles. The van der Waals surface area contributed by atoms with Gasteiger partial charge in [-0.1, -0.05) is 0 Å². The molecular formula is C21H34N6O3. The Hall–Kier alpha value is -2.58. The van der Waals surface area contributed by atoms with Crippen LogP contribution in [-0.2, 0) is 9.53 Å². The minimum absolute atomic E-state index is 0.000731. The van der Waals surface area contributed by atoms with Crippen LogP contribution >= 0.6 is 0 Å². The number of nitrogens with one attached hydrogen (secondary N) is 1. The van der Waals surface area contributed by atoms with E-state index in [4.69, 9.17) is 4.74 Å². The highest BCUT2D eigenvalue weighted by atomic mass is 16.6. The summed E-state index contributed by atoms with van der Waals surface area (Å²) < 4.78 is 5.39. The Balaban J connectivity index is 1.62. The van der Waals surface area contributed by atoms with Crippen molar-refractivity contribution in [2.75, 3.05) is 49.6 Å². The standard InChI is InChI=1S/C21H34N6O3/c1-15(24-20(29)30-21(2,3)4)16-7-6-8-26(12-16)17-11-18(23-14-22-17)27-10-9-25(5)19(28)13-27/h11,14-16H,6-10,12-13H2,1-5H3,(H,24,29)/t15-,16-/m0/s1. The molecule has 0 aromatic carbocycles. The second-order valence-electron chi connectivity index (χ2n) is 9.25. The van der Waals surface area contributed by atoms with E-state index in [-0.39, 0.29) is 18.0 Å². The molecule has 0 bridgehead atoms. The van der Waals surface area contributed by atoms with Gasteiger partial charge in [0.15, 0.2) is 0 Å². The van der Waals surface area contributed by atoms with Gasteiger partial charge in [-0.2, -0.15) is 0 Å². The Morgan fingerprint density at radius 3 is 2.57 bits per heavy atom. The van der Waals surface area contributed by atoms with E-state index in [2.05, 4.69) is 20.2 Å². The third kappa shape index (κ3) is 5.73. The Morgan fingerprint density at radius 1 is 1.20 bits per heavy atom. The summed E-state index contributed by atoms with van der Waals surface area (Å²) in [5.41, 5.74) is -0.510. The van der Waals surface area contributed by atoms with Crippen LogP contribution in [0.3, 0.4) is 0 Å². The second kappa shape index (κ2) is 9.06. The molecule has 3 heterocycles. The zero-order valence-corrected chi connectivity index (χ0v) is 18.7. The molecule has 2 aliphatic heterocycles. The van der Waals surface area contributed by atoms with Crippen LogP contribution in [0.15, 0.2) is 12.4 Å². The Kier molecular flexibility index (Phi) is 6.67. The van der Waals surface area contributed by atoms with Crippen LogP contribution in [0.25, 0.3) is 0 Å². The number of nitrogens with zero attached hydrogens (tertiary/aromatic N) is 5. The Labute approximate surface area is 178 Å². The molecule has 9 nitrogen and oxygen atoms in total.